The van der Waals surface area contributed by atoms with Crippen LogP contribution in [-0.2, 0) is 4.74 Å². The number of rotatable bonds is 7. The van der Waals surface area contributed by atoms with Crippen molar-refractivity contribution in [3.05, 3.63) is 0 Å². The van der Waals surface area contributed by atoms with E-state index in [2.05, 4.69) is 11.9 Å². The lowest BCUT2D eigenvalue weighted by atomic mass is 10.2. The molecule has 0 aromatic heterocycles. The SMILES string of the molecule is CN(CCCCC(N)=S)CC1CCCO1. The topological polar surface area (TPSA) is 38.5 Å². The molecule has 0 radical (unpaired) electrons. The average molecular weight is 230 g/mol. The molecule has 1 unspecified atom stereocenters. The Morgan fingerprint density at radius 1 is 1.53 bits per heavy atom. The molecular weight excluding hydrogens is 208 g/mol. The van der Waals surface area contributed by atoms with Crippen molar-refractivity contribution in [1.82, 2.24) is 4.90 Å². The fraction of sp³-hybridized carbons (Fsp3) is 0.909. The van der Waals surface area contributed by atoms with Crippen molar-refractivity contribution in [3.8, 4) is 0 Å². The van der Waals surface area contributed by atoms with Crippen LogP contribution in [0.25, 0.3) is 0 Å². The highest BCUT2D eigenvalue weighted by atomic mass is 32.1. The molecule has 0 bridgehead atoms. The summed E-state index contributed by atoms with van der Waals surface area (Å²) in [6.07, 6.45) is 6.05. The van der Waals surface area contributed by atoms with Crippen LogP contribution in [0.3, 0.4) is 0 Å². The standard InChI is InChI=1S/C11H22N2OS/c1-13(7-3-2-6-11(12)15)9-10-5-4-8-14-10/h10H,2-9H2,1H3,(H2,12,15). The van der Waals surface area contributed by atoms with E-state index < -0.39 is 0 Å². The first-order valence-electron chi connectivity index (χ1n) is 5.77. The molecule has 88 valence electrons. The van der Waals surface area contributed by atoms with E-state index in [1.165, 1.54) is 19.3 Å². The fourth-order valence-electron chi connectivity index (χ4n) is 1.91. The first-order valence-corrected chi connectivity index (χ1v) is 6.18. The summed E-state index contributed by atoms with van der Waals surface area (Å²) in [5.74, 6) is 0. The molecule has 1 aliphatic heterocycles. The Balaban J connectivity index is 1.97. The van der Waals surface area contributed by atoms with E-state index in [1.807, 2.05) is 0 Å². The van der Waals surface area contributed by atoms with Gasteiger partial charge in [0.25, 0.3) is 0 Å². The van der Waals surface area contributed by atoms with Crippen molar-refractivity contribution in [2.75, 3.05) is 26.7 Å². The Morgan fingerprint density at radius 3 is 2.93 bits per heavy atom. The minimum atomic E-state index is 0.464. The van der Waals surface area contributed by atoms with E-state index in [1.54, 1.807) is 0 Å². The molecule has 1 heterocycles. The van der Waals surface area contributed by atoms with E-state index in [0.29, 0.717) is 11.1 Å². The number of likely N-dealkylation sites (N-methyl/N-ethyl adjacent to an activating group) is 1. The first kappa shape index (κ1) is 12.9. The molecule has 0 saturated carbocycles. The molecule has 1 saturated heterocycles. The summed E-state index contributed by atoms with van der Waals surface area (Å²) >= 11 is 4.83. The Kier molecular flexibility index (Phi) is 6.13. The van der Waals surface area contributed by atoms with Crippen LogP contribution in [0.5, 0.6) is 0 Å². The van der Waals surface area contributed by atoms with Crippen LogP contribution in [0.2, 0.25) is 0 Å². The van der Waals surface area contributed by atoms with Crippen LogP contribution >= 0.6 is 12.2 Å². The summed E-state index contributed by atoms with van der Waals surface area (Å²) in [6, 6.07) is 0. The van der Waals surface area contributed by atoms with Gasteiger partial charge in [-0.3, -0.25) is 0 Å². The number of thiocarbonyl (C=S) groups is 1. The molecule has 0 spiro atoms. The number of nitrogens with two attached hydrogens (primary N) is 1. The van der Waals surface area contributed by atoms with E-state index >= 15 is 0 Å². The van der Waals surface area contributed by atoms with Crippen LogP contribution in [0, 0.1) is 0 Å². The lowest BCUT2D eigenvalue weighted by Crippen LogP contribution is -2.29. The third kappa shape index (κ3) is 6.07. The molecule has 0 aliphatic carbocycles. The number of hydrogen-bond donors (Lipinski definition) is 1. The first-order chi connectivity index (χ1) is 7.18. The minimum Gasteiger partial charge on any atom is -0.393 e. The van der Waals surface area contributed by atoms with E-state index in [9.17, 15) is 0 Å². The Labute approximate surface area is 98.0 Å². The van der Waals surface area contributed by atoms with Gasteiger partial charge in [0.05, 0.1) is 11.1 Å². The highest BCUT2D eigenvalue weighted by Gasteiger charge is 2.16. The van der Waals surface area contributed by atoms with Crippen molar-refractivity contribution < 1.29 is 4.74 Å². The zero-order valence-corrected chi connectivity index (χ0v) is 10.4. The molecule has 1 atom stereocenters. The lowest BCUT2D eigenvalue weighted by molar-refractivity contribution is 0.0808. The van der Waals surface area contributed by atoms with Gasteiger partial charge in [-0.2, -0.15) is 0 Å². The van der Waals surface area contributed by atoms with E-state index in [4.69, 9.17) is 22.7 Å². The molecule has 0 amide bonds. The summed E-state index contributed by atoms with van der Waals surface area (Å²) in [7, 11) is 2.16. The van der Waals surface area contributed by atoms with Crippen LogP contribution in [0.4, 0.5) is 0 Å². The maximum Gasteiger partial charge on any atom is 0.0727 e. The number of ether oxygens (including phenoxy) is 1. The quantitative estimate of drug-likeness (QED) is 0.532. The van der Waals surface area contributed by atoms with E-state index in [-0.39, 0.29) is 0 Å². The summed E-state index contributed by atoms with van der Waals surface area (Å²) in [5.41, 5.74) is 5.44. The molecule has 0 aromatic rings. The van der Waals surface area contributed by atoms with Gasteiger partial charge in [-0.1, -0.05) is 12.2 Å². The second-order valence-electron chi connectivity index (χ2n) is 4.32. The highest BCUT2D eigenvalue weighted by molar-refractivity contribution is 7.80. The minimum absolute atomic E-state index is 0.464. The van der Waals surface area contributed by atoms with Gasteiger partial charge in [0.2, 0.25) is 0 Å². The average Bonchev–Trinajstić information content (AvgIpc) is 2.64. The van der Waals surface area contributed by atoms with Gasteiger partial charge in [0, 0.05) is 13.2 Å². The Morgan fingerprint density at radius 2 is 2.33 bits per heavy atom. The second kappa shape index (κ2) is 7.14. The zero-order valence-electron chi connectivity index (χ0n) is 9.58. The van der Waals surface area contributed by atoms with Gasteiger partial charge in [0.15, 0.2) is 0 Å². The molecule has 1 fully saturated rings. The maximum absolute atomic E-state index is 5.59. The maximum atomic E-state index is 5.59. The summed E-state index contributed by atoms with van der Waals surface area (Å²) < 4.78 is 5.59. The normalized spacial score (nSPS) is 21.1. The van der Waals surface area contributed by atoms with Gasteiger partial charge in [-0.15, -0.1) is 0 Å². The van der Waals surface area contributed by atoms with E-state index in [0.717, 1.165) is 32.5 Å². The van der Waals surface area contributed by atoms with Crippen molar-refractivity contribution in [1.29, 1.82) is 0 Å². The van der Waals surface area contributed by atoms with Gasteiger partial charge in [0.1, 0.15) is 0 Å². The molecule has 2 N–H and O–H groups in total. The van der Waals surface area contributed by atoms with Crippen molar-refractivity contribution in [2.24, 2.45) is 5.73 Å². The fourth-order valence-corrected chi connectivity index (χ4v) is 2.05. The smallest absolute Gasteiger partial charge is 0.0727 e. The largest absolute Gasteiger partial charge is 0.393 e. The van der Waals surface area contributed by atoms with Gasteiger partial charge >= 0.3 is 0 Å². The molecule has 1 rings (SSSR count). The number of hydrogen-bond acceptors (Lipinski definition) is 3. The lowest BCUT2D eigenvalue weighted by Gasteiger charge is -2.20. The van der Waals surface area contributed by atoms with Crippen LogP contribution in [0.15, 0.2) is 0 Å². The van der Waals surface area contributed by atoms with Crippen LogP contribution in [0.1, 0.15) is 32.1 Å². The van der Waals surface area contributed by atoms with Crippen LogP contribution < -0.4 is 5.73 Å². The highest BCUT2D eigenvalue weighted by Crippen LogP contribution is 2.12. The molecule has 3 nitrogen and oxygen atoms in total. The van der Waals surface area contributed by atoms with Crippen molar-refractivity contribution >= 4 is 17.2 Å². The van der Waals surface area contributed by atoms with Gasteiger partial charge in [-0.05, 0) is 45.7 Å². The van der Waals surface area contributed by atoms with Crippen molar-refractivity contribution in [2.45, 2.75) is 38.2 Å². The third-order valence-corrected chi connectivity index (χ3v) is 2.96. The van der Waals surface area contributed by atoms with Gasteiger partial charge in [-0.25, -0.2) is 0 Å². The monoisotopic (exact) mass is 230 g/mol. The molecule has 0 aromatic carbocycles. The third-order valence-electron chi connectivity index (χ3n) is 2.75. The van der Waals surface area contributed by atoms with Crippen molar-refractivity contribution in [3.63, 3.8) is 0 Å². The predicted octanol–water partition coefficient (Wildman–Crippen LogP) is 1.55. The van der Waals surface area contributed by atoms with Gasteiger partial charge < -0.3 is 15.4 Å². The predicted molar refractivity (Wildman–Crippen MR) is 67.1 cm³/mol. The summed E-state index contributed by atoms with van der Waals surface area (Å²) in [4.78, 5) is 2.98. The molecular formula is C11H22N2OS. The number of unbranched alkanes of at least 4 members (excludes halogenated alkanes) is 1. The Bertz CT molecular complexity index is 193. The second-order valence-corrected chi connectivity index (χ2v) is 4.85. The number of nitrogens with zero attached hydrogens (tertiary/aromatic N) is 1. The summed E-state index contributed by atoms with van der Waals surface area (Å²) in [5, 5.41) is 0. The Hall–Kier alpha value is -0.190. The molecule has 4 heteroatoms. The molecule has 15 heavy (non-hydrogen) atoms. The summed E-state index contributed by atoms with van der Waals surface area (Å²) in [6.45, 7) is 3.12. The molecule has 1 aliphatic rings. The van der Waals surface area contributed by atoms with Crippen LogP contribution in [-0.4, -0.2) is 42.7 Å². The zero-order chi connectivity index (χ0) is 11.1.